The summed E-state index contributed by atoms with van der Waals surface area (Å²) in [4.78, 5) is 13.7. The molecule has 4 heteroatoms. The molecule has 2 rings (SSSR count). The topological polar surface area (TPSA) is 32.3 Å². The second kappa shape index (κ2) is 6.69. The van der Waals surface area contributed by atoms with Crippen LogP contribution in [0.25, 0.3) is 0 Å². The fourth-order valence-corrected chi connectivity index (χ4v) is 3.38. The van der Waals surface area contributed by atoms with Crippen molar-refractivity contribution in [1.29, 1.82) is 0 Å². The predicted molar refractivity (Wildman–Crippen MR) is 89.1 cm³/mol. The number of anilines is 1. The van der Waals surface area contributed by atoms with E-state index in [0.717, 1.165) is 5.69 Å². The highest BCUT2D eigenvalue weighted by Crippen LogP contribution is 2.32. The van der Waals surface area contributed by atoms with Gasteiger partial charge in [-0.3, -0.25) is 4.79 Å². The molecule has 1 fully saturated rings. The van der Waals surface area contributed by atoms with E-state index in [0.29, 0.717) is 28.5 Å². The number of halogens is 1. The Morgan fingerprint density at radius 1 is 1.24 bits per heavy atom. The second-order valence-electron chi connectivity index (χ2n) is 6.45. The molecule has 1 saturated carbocycles. The monoisotopic (exact) mass is 308 g/mol. The summed E-state index contributed by atoms with van der Waals surface area (Å²) in [5, 5.41) is 4.12. The number of nitrogens with zero attached hydrogens (tertiary/aromatic N) is 1. The minimum Gasteiger partial charge on any atom is -0.382 e. The van der Waals surface area contributed by atoms with Crippen LogP contribution in [0.1, 0.15) is 43.5 Å². The Hall–Kier alpha value is -1.22. The zero-order valence-electron chi connectivity index (χ0n) is 13.3. The molecule has 1 aromatic rings. The number of carbonyl (C=O) groups is 1. The van der Waals surface area contributed by atoms with Gasteiger partial charge in [-0.05, 0) is 42.9 Å². The van der Waals surface area contributed by atoms with Crippen LogP contribution in [0.4, 0.5) is 5.69 Å². The molecule has 0 heterocycles. The third-order valence-electron chi connectivity index (χ3n) is 4.48. The molecule has 3 nitrogen and oxygen atoms in total. The van der Waals surface area contributed by atoms with Crippen LogP contribution >= 0.6 is 11.6 Å². The van der Waals surface area contributed by atoms with E-state index in [4.69, 9.17) is 11.6 Å². The van der Waals surface area contributed by atoms with Crippen molar-refractivity contribution in [1.82, 2.24) is 4.90 Å². The van der Waals surface area contributed by atoms with Crippen molar-refractivity contribution in [2.45, 2.75) is 39.2 Å². The Morgan fingerprint density at radius 3 is 2.43 bits per heavy atom. The van der Waals surface area contributed by atoms with Gasteiger partial charge in [0.1, 0.15) is 0 Å². The standard InChI is InChI=1S/C17H25ClN2O/c1-11-6-5-7-12(2)16(11)19-13-8-9-15(18)14(10-13)17(21)20(3)4/h8-12,16,19H,5-7H2,1-4H3. The molecule has 0 spiro atoms. The van der Waals surface area contributed by atoms with Gasteiger partial charge in [0.2, 0.25) is 0 Å². The Kier molecular flexibility index (Phi) is 5.15. The third-order valence-corrected chi connectivity index (χ3v) is 4.81. The van der Waals surface area contributed by atoms with Crippen molar-refractivity contribution < 1.29 is 4.79 Å². The molecule has 0 bridgehead atoms. The molecule has 0 radical (unpaired) electrons. The van der Waals surface area contributed by atoms with Gasteiger partial charge in [0, 0.05) is 25.8 Å². The van der Waals surface area contributed by atoms with E-state index >= 15 is 0 Å². The van der Waals surface area contributed by atoms with Crippen LogP contribution in [0, 0.1) is 11.8 Å². The summed E-state index contributed by atoms with van der Waals surface area (Å²) < 4.78 is 0. The number of benzene rings is 1. The molecule has 1 N–H and O–H groups in total. The molecule has 2 atom stereocenters. The summed E-state index contributed by atoms with van der Waals surface area (Å²) >= 11 is 6.16. The van der Waals surface area contributed by atoms with Crippen LogP contribution in [0.15, 0.2) is 18.2 Å². The van der Waals surface area contributed by atoms with E-state index in [-0.39, 0.29) is 5.91 Å². The average Bonchev–Trinajstić information content (AvgIpc) is 2.44. The summed E-state index contributed by atoms with van der Waals surface area (Å²) in [5.74, 6) is 1.24. The second-order valence-corrected chi connectivity index (χ2v) is 6.86. The van der Waals surface area contributed by atoms with Gasteiger partial charge < -0.3 is 10.2 Å². The van der Waals surface area contributed by atoms with Crippen molar-refractivity contribution in [3.8, 4) is 0 Å². The first kappa shape index (κ1) is 16.2. The summed E-state index contributed by atoms with van der Waals surface area (Å²) in [6.07, 6.45) is 3.84. The highest BCUT2D eigenvalue weighted by atomic mass is 35.5. The molecule has 0 aliphatic heterocycles. The van der Waals surface area contributed by atoms with Crippen molar-refractivity contribution in [2.24, 2.45) is 11.8 Å². The SMILES string of the molecule is CC1CCCC(C)C1Nc1ccc(Cl)c(C(=O)N(C)C)c1. The van der Waals surface area contributed by atoms with Crippen LogP contribution in [0.2, 0.25) is 5.02 Å². The normalized spacial score (nSPS) is 25.5. The molecule has 1 aromatic carbocycles. The van der Waals surface area contributed by atoms with Crippen LogP contribution in [-0.2, 0) is 0 Å². The maximum Gasteiger partial charge on any atom is 0.254 e. The lowest BCUT2D eigenvalue weighted by Gasteiger charge is -2.36. The van der Waals surface area contributed by atoms with Gasteiger partial charge in [-0.25, -0.2) is 0 Å². The van der Waals surface area contributed by atoms with E-state index in [2.05, 4.69) is 19.2 Å². The number of nitrogens with one attached hydrogen (secondary N) is 1. The van der Waals surface area contributed by atoms with Crippen molar-refractivity contribution in [2.75, 3.05) is 19.4 Å². The van der Waals surface area contributed by atoms with E-state index in [1.165, 1.54) is 19.3 Å². The largest absolute Gasteiger partial charge is 0.382 e. The number of hydrogen-bond acceptors (Lipinski definition) is 2. The van der Waals surface area contributed by atoms with Gasteiger partial charge in [-0.15, -0.1) is 0 Å². The zero-order chi connectivity index (χ0) is 15.6. The third kappa shape index (κ3) is 3.70. The van der Waals surface area contributed by atoms with Gasteiger partial charge in [0.25, 0.3) is 5.91 Å². The fraction of sp³-hybridized carbons (Fsp3) is 0.588. The molecule has 1 amide bonds. The van der Waals surface area contributed by atoms with Gasteiger partial charge >= 0.3 is 0 Å². The van der Waals surface area contributed by atoms with Gasteiger partial charge in [-0.1, -0.05) is 31.9 Å². The minimum atomic E-state index is -0.0617. The molecule has 0 saturated heterocycles. The Morgan fingerprint density at radius 2 is 1.86 bits per heavy atom. The molecule has 0 aromatic heterocycles. The Bertz CT molecular complexity index is 506. The summed E-state index contributed by atoms with van der Waals surface area (Å²) in [5.41, 5.74) is 1.54. The highest BCUT2D eigenvalue weighted by Gasteiger charge is 2.27. The molecular weight excluding hydrogens is 284 g/mol. The number of amides is 1. The lowest BCUT2D eigenvalue weighted by atomic mass is 9.78. The van der Waals surface area contributed by atoms with Gasteiger partial charge in [0.05, 0.1) is 10.6 Å². The van der Waals surface area contributed by atoms with E-state index < -0.39 is 0 Å². The van der Waals surface area contributed by atoms with Crippen LogP contribution in [-0.4, -0.2) is 30.9 Å². The number of carbonyl (C=O) groups excluding carboxylic acids is 1. The van der Waals surface area contributed by atoms with Crippen molar-refractivity contribution in [3.63, 3.8) is 0 Å². The van der Waals surface area contributed by atoms with Crippen LogP contribution in [0.5, 0.6) is 0 Å². The van der Waals surface area contributed by atoms with E-state index in [9.17, 15) is 4.79 Å². The maximum atomic E-state index is 12.2. The molecule has 1 aliphatic carbocycles. The van der Waals surface area contributed by atoms with Gasteiger partial charge in [0.15, 0.2) is 0 Å². The first-order valence-corrected chi connectivity index (χ1v) is 8.05. The quantitative estimate of drug-likeness (QED) is 0.904. The van der Waals surface area contributed by atoms with Crippen molar-refractivity contribution >= 4 is 23.2 Å². The summed E-state index contributed by atoms with van der Waals surface area (Å²) in [6, 6.07) is 6.10. The van der Waals surface area contributed by atoms with E-state index in [1.807, 2.05) is 12.1 Å². The smallest absolute Gasteiger partial charge is 0.254 e. The van der Waals surface area contributed by atoms with Gasteiger partial charge in [-0.2, -0.15) is 0 Å². The predicted octanol–water partition coefficient (Wildman–Crippen LogP) is 4.28. The highest BCUT2D eigenvalue weighted by molar-refractivity contribution is 6.34. The lowest BCUT2D eigenvalue weighted by molar-refractivity contribution is 0.0828. The molecule has 21 heavy (non-hydrogen) atoms. The average molecular weight is 309 g/mol. The first-order valence-electron chi connectivity index (χ1n) is 7.68. The molecule has 2 unspecified atom stereocenters. The number of hydrogen-bond donors (Lipinski definition) is 1. The maximum absolute atomic E-state index is 12.2. The number of rotatable bonds is 3. The van der Waals surface area contributed by atoms with Crippen LogP contribution in [0.3, 0.4) is 0 Å². The van der Waals surface area contributed by atoms with E-state index in [1.54, 1.807) is 25.1 Å². The zero-order valence-corrected chi connectivity index (χ0v) is 14.1. The first-order chi connectivity index (χ1) is 9.90. The molecule has 116 valence electrons. The Labute approximate surface area is 132 Å². The minimum absolute atomic E-state index is 0.0617. The van der Waals surface area contributed by atoms with Crippen LogP contribution < -0.4 is 5.32 Å². The summed E-state index contributed by atoms with van der Waals surface area (Å²) in [6.45, 7) is 4.60. The Balaban J connectivity index is 2.21. The lowest BCUT2D eigenvalue weighted by Crippen LogP contribution is -2.37. The fourth-order valence-electron chi connectivity index (χ4n) is 3.18. The molecule has 1 aliphatic rings. The summed E-state index contributed by atoms with van der Waals surface area (Å²) in [7, 11) is 3.48. The van der Waals surface area contributed by atoms with Crippen molar-refractivity contribution in [3.05, 3.63) is 28.8 Å². The molecular formula is C17H25ClN2O.